The molecule has 0 spiro atoms. The molecule has 1 aromatic carbocycles. The van der Waals surface area contributed by atoms with Gasteiger partial charge in [0.25, 0.3) is 0 Å². The molecule has 0 bridgehead atoms. The minimum Gasteiger partial charge on any atom is -0.379 e. The van der Waals surface area contributed by atoms with Crippen molar-refractivity contribution in [3.05, 3.63) is 35.4 Å². The molecule has 3 rings (SSSR count). The Morgan fingerprint density at radius 2 is 1.60 bits per heavy atom. The van der Waals surface area contributed by atoms with Crippen molar-refractivity contribution in [3.8, 4) is 0 Å². The highest BCUT2D eigenvalue weighted by atomic mass is 32.2. The van der Waals surface area contributed by atoms with Crippen LogP contribution in [0.4, 0.5) is 0 Å². The molecule has 140 valence electrons. The Balaban J connectivity index is 1.47. The fourth-order valence-corrected chi connectivity index (χ4v) is 4.84. The second-order valence-corrected chi connectivity index (χ2v) is 9.41. The fraction of sp³-hybridized carbons (Fsp3) is 0.684. The molecule has 2 aliphatic heterocycles. The van der Waals surface area contributed by atoms with Crippen LogP contribution in [0.15, 0.2) is 24.3 Å². The van der Waals surface area contributed by atoms with E-state index in [9.17, 15) is 8.42 Å². The predicted octanol–water partition coefficient (Wildman–Crippen LogP) is 2.12. The minimum absolute atomic E-state index is 0.211. The standard InChI is InChI=1S/C19H30N2O3S/c1-2-25(22,23)21-9-7-18(8-10-21)15-17-3-5-19(6-4-17)16-20-11-13-24-14-12-20/h3-6,18H,2,7-16H2,1H3. The SMILES string of the molecule is CCS(=O)(=O)N1CCC(Cc2ccc(CN3CCOCC3)cc2)CC1. The summed E-state index contributed by atoms with van der Waals surface area (Å²) in [6.45, 7) is 7.78. The van der Waals surface area contributed by atoms with E-state index in [0.29, 0.717) is 19.0 Å². The van der Waals surface area contributed by atoms with Gasteiger partial charge in [-0.2, -0.15) is 0 Å². The molecule has 1 aromatic rings. The van der Waals surface area contributed by atoms with Gasteiger partial charge in [0.15, 0.2) is 0 Å². The third-order valence-electron chi connectivity index (χ3n) is 5.39. The van der Waals surface area contributed by atoms with Crippen molar-refractivity contribution in [2.45, 2.75) is 32.7 Å². The number of rotatable bonds is 6. The van der Waals surface area contributed by atoms with E-state index in [2.05, 4.69) is 29.2 Å². The Hall–Kier alpha value is -0.950. The van der Waals surface area contributed by atoms with Crippen molar-refractivity contribution >= 4 is 10.0 Å². The van der Waals surface area contributed by atoms with Crippen LogP contribution >= 0.6 is 0 Å². The van der Waals surface area contributed by atoms with Gasteiger partial charge in [0.05, 0.1) is 19.0 Å². The van der Waals surface area contributed by atoms with Crippen LogP contribution in [0.25, 0.3) is 0 Å². The lowest BCUT2D eigenvalue weighted by molar-refractivity contribution is 0.0342. The summed E-state index contributed by atoms with van der Waals surface area (Å²) in [5, 5.41) is 0. The fourth-order valence-electron chi connectivity index (χ4n) is 3.71. The Kier molecular flexibility index (Phi) is 6.49. The summed E-state index contributed by atoms with van der Waals surface area (Å²) >= 11 is 0. The van der Waals surface area contributed by atoms with Gasteiger partial charge in [-0.1, -0.05) is 24.3 Å². The van der Waals surface area contributed by atoms with Gasteiger partial charge in [0.1, 0.15) is 0 Å². The first-order valence-electron chi connectivity index (χ1n) is 9.42. The van der Waals surface area contributed by atoms with E-state index in [0.717, 1.165) is 52.1 Å². The number of sulfonamides is 1. The molecule has 2 aliphatic rings. The first-order chi connectivity index (χ1) is 12.1. The zero-order valence-corrected chi connectivity index (χ0v) is 16.0. The van der Waals surface area contributed by atoms with Crippen LogP contribution in [-0.2, 0) is 27.7 Å². The predicted molar refractivity (Wildman–Crippen MR) is 100.0 cm³/mol. The molecule has 25 heavy (non-hydrogen) atoms. The van der Waals surface area contributed by atoms with Crippen LogP contribution in [0.2, 0.25) is 0 Å². The van der Waals surface area contributed by atoms with Gasteiger partial charge >= 0.3 is 0 Å². The first-order valence-corrected chi connectivity index (χ1v) is 11.0. The van der Waals surface area contributed by atoms with Crippen molar-refractivity contribution in [1.82, 2.24) is 9.21 Å². The smallest absolute Gasteiger partial charge is 0.213 e. The highest BCUT2D eigenvalue weighted by Gasteiger charge is 2.26. The van der Waals surface area contributed by atoms with Crippen LogP contribution in [0.5, 0.6) is 0 Å². The third kappa shape index (κ3) is 5.26. The molecule has 2 fully saturated rings. The van der Waals surface area contributed by atoms with E-state index in [1.165, 1.54) is 11.1 Å². The number of hydrogen-bond acceptors (Lipinski definition) is 4. The van der Waals surface area contributed by atoms with Gasteiger partial charge in [-0.3, -0.25) is 4.90 Å². The summed E-state index contributed by atoms with van der Waals surface area (Å²) in [6, 6.07) is 8.96. The largest absolute Gasteiger partial charge is 0.379 e. The maximum atomic E-state index is 11.9. The summed E-state index contributed by atoms with van der Waals surface area (Å²) in [5.74, 6) is 0.802. The second-order valence-electron chi connectivity index (χ2n) is 7.15. The summed E-state index contributed by atoms with van der Waals surface area (Å²) in [7, 11) is -3.02. The average molecular weight is 367 g/mol. The molecule has 0 radical (unpaired) electrons. The first kappa shape index (κ1) is 18.8. The van der Waals surface area contributed by atoms with E-state index in [4.69, 9.17) is 4.74 Å². The van der Waals surface area contributed by atoms with Gasteiger partial charge in [0, 0.05) is 32.7 Å². The number of morpholine rings is 1. The van der Waals surface area contributed by atoms with E-state index in [1.807, 2.05) is 0 Å². The number of piperidine rings is 1. The second kappa shape index (κ2) is 8.62. The molecule has 0 aromatic heterocycles. The van der Waals surface area contributed by atoms with E-state index in [1.54, 1.807) is 11.2 Å². The number of benzene rings is 1. The topological polar surface area (TPSA) is 49.9 Å². The summed E-state index contributed by atoms with van der Waals surface area (Å²) < 4.78 is 30.9. The van der Waals surface area contributed by atoms with Crippen LogP contribution in [0.3, 0.4) is 0 Å². The lowest BCUT2D eigenvalue weighted by atomic mass is 9.91. The highest BCUT2D eigenvalue weighted by Crippen LogP contribution is 2.24. The van der Waals surface area contributed by atoms with Gasteiger partial charge in [0.2, 0.25) is 10.0 Å². The van der Waals surface area contributed by atoms with Gasteiger partial charge in [-0.05, 0) is 43.2 Å². The van der Waals surface area contributed by atoms with E-state index >= 15 is 0 Å². The summed E-state index contributed by atoms with van der Waals surface area (Å²) in [6.07, 6.45) is 2.99. The molecule has 2 saturated heterocycles. The Bertz CT molecular complexity index is 631. The zero-order chi connectivity index (χ0) is 17.7. The van der Waals surface area contributed by atoms with Crippen molar-refractivity contribution in [2.24, 2.45) is 5.92 Å². The highest BCUT2D eigenvalue weighted by molar-refractivity contribution is 7.89. The molecular formula is C19H30N2O3S. The van der Waals surface area contributed by atoms with Crippen LogP contribution < -0.4 is 0 Å². The Morgan fingerprint density at radius 3 is 2.20 bits per heavy atom. The number of hydrogen-bond donors (Lipinski definition) is 0. The van der Waals surface area contributed by atoms with Gasteiger partial charge < -0.3 is 4.74 Å². The quantitative estimate of drug-likeness (QED) is 0.774. The summed E-state index contributed by atoms with van der Waals surface area (Å²) in [5.41, 5.74) is 2.72. The lowest BCUT2D eigenvalue weighted by Crippen LogP contribution is -2.39. The van der Waals surface area contributed by atoms with Crippen molar-refractivity contribution in [2.75, 3.05) is 45.1 Å². The Morgan fingerprint density at radius 1 is 1.00 bits per heavy atom. The number of nitrogens with zero attached hydrogens (tertiary/aromatic N) is 2. The van der Waals surface area contributed by atoms with Crippen LogP contribution in [-0.4, -0.2) is 62.8 Å². The molecule has 2 heterocycles. The molecule has 5 nitrogen and oxygen atoms in total. The van der Waals surface area contributed by atoms with Crippen molar-refractivity contribution in [3.63, 3.8) is 0 Å². The zero-order valence-electron chi connectivity index (χ0n) is 15.2. The normalized spacial score (nSPS) is 21.5. The monoisotopic (exact) mass is 366 g/mol. The lowest BCUT2D eigenvalue weighted by Gasteiger charge is -2.31. The molecule has 0 amide bonds. The molecule has 0 aliphatic carbocycles. The van der Waals surface area contributed by atoms with Gasteiger partial charge in [-0.25, -0.2) is 12.7 Å². The Labute approximate surface area is 152 Å². The minimum atomic E-state index is -3.02. The molecule has 0 N–H and O–H groups in total. The molecule has 0 atom stereocenters. The third-order valence-corrected chi connectivity index (χ3v) is 7.27. The van der Waals surface area contributed by atoms with Gasteiger partial charge in [-0.15, -0.1) is 0 Å². The van der Waals surface area contributed by atoms with Crippen LogP contribution in [0.1, 0.15) is 30.9 Å². The van der Waals surface area contributed by atoms with E-state index < -0.39 is 10.0 Å². The molecular weight excluding hydrogens is 336 g/mol. The number of ether oxygens (including phenoxy) is 1. The van der Waals surface area contributed by atoms with Crippen molar-refractivity contribution < 1.29 is 13.2 Å². The van der Waals surface area contributed by atoms with E-state index in [-0.39, 0.29) is 5.75 Å². The van der Waals surface area contributed by atoms with Crippen LogP contribution in [0, 0.1) is 5.92 Å². The maximum Gasteiger partial charge on any atom is 0.213 e. The van der Waals surface area contributed by atoms with Crippen molar-refractivity contribution in [1.29, 1.82) is 0 Å². The molecule has 0 saturated carbocycles. The summed E-state index contributed by atoms with van der Waals surface area (Å²) in [4.78, 5) is 2.43. The molecule has 0 unspecified atom stereocenters. The maximum absolute atomic E-state index is 11.9. The average Bonchev–Trinajstić information content (AvgIpc) is 2.65. The molecule has 6 heteroatoms.